The highest BCUT2D eigenvalue weighted by atomic mass is 16.6. The molecule has 1 saturated carbocycles. The summed E-state index contributed by atoms with van der Waals surface area (Å²) in [6.07, 6.45) is -1.83. The molecule has 1 saturated heterocycles. The van der Waals surface area contributed by atoms with E-state index in [2.05, 4.69) is 5.32 Å². The Bertz CT molecular complexity index is 1740. The summed E-state index contributed by atoms with van der Waals surface area (Å²) in [5, 5.41) is 50.6. The van der Waals surface area contributed by atoms with Crippen LogP contribution in [0.5, 0.6) is 0 Å². The molecule has 1 aromatic carbocycles. The maximum Gasteiger partial charge on any atom is 0.338 e. The number of carbonyl (C=O) groups is 5. The van der Waals surface area contributed by atoms with Gasteiger partial charge in [-0.05, 0) is 69.6 Å². The molecule has 1 aromatic rings. The molecule has 5 rings (SSSR count). The number of aliphatic hydroxyl groups excluding tert-OH is 3. The first kappa shape index (κ1) is 44.2. The number of ether oxygens (including phenoxy) is 4. The Morgan fingerprint density at radius 1 is 0.965 bits per heavy atom. The van der Waals surface area contributed by atoms with E-state index in [9.17, 15) is 44.4 Å². The number of amides is 1. The first-order chi connectivity index (χ1) is 26.8. The normalized spacial score (nSPS) is 36.8. The molecule has 0 spiro atoms. The van der Waals surface area contributed by atoms with Crippen molar-refractivity contribution < 1.29 is 63.3 Å². The van der Waals surface area contributed by atoms with Crippen molar-refractivity contribution in [3.63, 3.8) is 0 Å². The molecule has 14 nitrogen and oxygen atoms in total. The number of allylic oxidation sites excluding steroid dienone is 2. The summed E-state index contributed by atoms with van der Waals surface area (Å²) in [7, 11) is 0. The Hall–Kier alpha value is -3.95. The molecule has 2 bridgehead atoms. The van der Waals surface area contributed by atoms with E-state index in [1.807, 2.05) is 12.2 Å². The smallest absolute Gasteiger partial charge is 0.338 e. The molecule has 10 atom stereocenters. The zero-order valence-electron chi connectivity index (χ0n) is 33.8. The van der Waals surface area contributed by atoms with Crippen molar-refractivity contribution in [2.24, 2.45) is 10.8 Å². The predicted octanol–water partition coefficient (Wildman–Crippen LogP) is 3.62. The lowest BCUT2D eigenvalue weighted by Crippen LogP contribution is -2.70. The molecule has 4 aliphatic rings. The van der Waals surface area contributed by atoms with Crippen LogP contribution in [0.3, 0.4) is 0 Å². The molecule has 0 aromatic heterocycles. The molecule has 2 aliphatic carbocycles. The van der Waals surface area contributed by atoms with E-state index in [4.69, 9.17) is 18.9 Å². The summed E-state index contributed by atoms with van der Waals surface area (Å²) < 4.78 is 23.0. The Morgan fingerprint density at radius 3 is 2.26 bits per heavy atom. The van der Waals surface area contributed by atoms with E-state index in [-0.39, 0.29) is 55.8 Å². The molecule has 2 aliphatic heterocycles. The van der Waals surface area contributed by atoms with Crippen LogP contribution in [-0.4, -0.2) is 104 Å². The number of ketones is 1. The highest BCUT2D eigenvalue weighted by molar-refractivity contribution is 5.92. The minimum Gasteiger partial charge on any atom is -0.460 e. The molecular weight excluding hydrogens is 738 g/mol. The van der Waals surface area contributed by atoms with Gasteiger partial charge in [0.15, 0.2) is 17.5 Å². The third kappa shape index (κ3) is 8.90. The number of esters is 3. The zero-order chi connectivity index (χ0) is 41.9. The fraction of sp³-hybridized carbons (Fsp3) is 0.651. The van der Waals surface area contributed by atoms with Crippen LogP contribution in [0.15, 0.2) is 53.6 Å². The summed E-state index contributed by atoms with van der Waals surface area (Å²) in [5.74, 6) is -3.53. The lowest BCUT2D eigenvalue weighted by Gasteiger charge is -2.57. The Labute approximate surface area is 334 Å². The SMILES string of the molecule is CC(=O)O[C@@]12CO[C@@H]1C[C@H](O)[C@@](C)(C(=O)[C@H](O)C1=C(C)C3C[C@@](O)([C@H](C)OC(=O)CCC/C=C/CCCCC(=O)N[C@@H](c4ccccc4)[C@@H](O)C(=O)O3)C1(C)C)C2. The van der Waals surface area contributed by atoms with Crippen LogP contribution in [0.2, 0.25) is 0 Å². The maximum absolute atomic E-state index is 14.7. The van der Waals surface area contributed by atoms with Crippen LogP contribution in [-0.2, 0) is 42.9 Å². The second kappa shape index (κ2) is 17.5. The van der Waals surface area contributed by atoms with E-state index in [0.29, 0.717) is 24.8 Å². The quantitative estimate of drug-likeness (QED) is 0.164. The van der Waals surface area contributed by atoms with Crippen molar-refractivity contribution in [2.75, 3.05) is 6.61 Å². The van der Waals surface area contributed by atoms with Crippen LogP contribution in [0.1, 0.15) is 117 Å². The van der Waals surface area contributed by atoms with Gasteiger partial charge in [0.05, 0.1) is 24.2 Å². The Morgan fingerprint density at radius 2 is 1.63 bits per heavy atom. The number of Topliss-reactive ketones (excluding diaryl/α,β-unsaturated/α-hetero) is 1. The van der Waals surface area contributed by atoms with Crippen molar-refractivity contribution in [2.45, 2.75) is 160 Å². The first-order valence-corrected chi connectivity index (χ1v) is 20.0. The predicted molar refractivity (Wildman–Crippen MR) is 205 cm³/mol. The van der Waals surface area contributed by atoms with Gasteiger partial charge in [0, 0.05) is 44.4 Å². The number of rotatable bonds is 5. The lowest BCUT2D eigenvalue weighted by molar-refractivity contribution is -0.291. The summed E-state index contributed by atoms with van der Waals surface area (Å²) in [6.45, 7) is 8.91. The highest BCUT2D eigenvalue weighted by Crippen LogP contribution is 2.55. The molecule has 0 radical (unpaired) electrons. The van der Waals surface area contributed by atoms with Crippen LogP contribution < -0.4 is 5.32 Å². The van der Waals surface area contributed by atoms with Gasteiger partial charge >= 0.3 is 17.9 Å². The van der Waals surface area contributed by atoms with Gasteiger partial charge < -0.3 is 44.7 Å². The molecule has 1 amide bonds. The monoisotopic (exact) mass is 797 g/mol. The van der Waals surface area contributed by atoms with Crippen molar-refractivity contribution in [3.8, 4) is 0 Å². The second-order valence-electron chi connectivity index (χ2n) is 17.0. The van der Waals surface area contributed by atoms with Crippen molar-refractivity contribution in [1.82, 2.24) is 5.32 Å². The zero-order valence-corrected chi connectivity index (χ0v) is 33.8. The molecule has 5 N–H and O–H groups in total. The summed E-state index contributed by atoms with van der Waals surface area (Å²) in [6, 6.07) is 7.25. The number of fused-ring (bicyclic) bond motifs is 3. The van der Waals surface area contributed by atoms with Gasteiger partial charge in [-0.3, -0.25) is 19.2 Å². The first-order valence-electron chi connectivity index (χ1n) is 20.0. The fourth-order valence-corrected chi connectivity index (χ4v) is 9.20. The number of hydrogen-bond donors (Lipinski definition) is 5. The van der Waals surface area contributed by atoms with Crippen LogP contribution >= 0.6 is 0 Å². The third-order valence-electron chi connectivity index (χ3n) is 12.8. The second-order valence-corrected chi connectivity index (χ2v) is 17.0. The van der Waals surface area contributed by atoms with Gasteiger partial charge in [0.2, 0.25) is 5.91 Å². The van der Waals surface area contributed by atoms with E-state index >= 15 is 0 Å². The number of hydrogen-bond acceptors (Lipinski definition) is 13. The number of aliphatic hydroxyl groups is 4. The van der Waals surface area contributed by atoms with E-state index < -0.39 is 88.4 Å². The number of benzene rings is 1. The molecule has 2 fully saturated rings. The largest absolute Gasteiger partial charge is 0.460 e. The van der Waals surface area contributed by atoms with Crippen molar-refractivity contribution in [1.29, 1.82) is 0 Å². The molecule has 2 heterocycles. The number of carbonyl (C=O) groups excluding carboxylic acids is 5. The minimum atomic E-state index is -2.07. The van der Waals surface area contributed by atoms with Gasteiger partial charge in [0.1, 0.15) is 30.0 Å². The lowest BCUT2D eigenvalue weighted by atomic mass is 9.55. The van der Waals surface area contributed by atoms with Crippen LogP contribution in [0, 0.1) is 10.8 Å². The average molecular weight is 798 g/mol. The molecule has 1 unspecified atom stereocenters. The highest BCUT2D eigenvalue weighted by Gasteiger charge is 2.65. The standard InChI is InChI=1S/C43H59NO13/c1-25-29-22-43(53,40(4,5)34(25)36(49)38(51)41(6)23-42(57-27(3)45)24-54-31(42)21-30(41)46)26(2)55-33(48)20-16-11-9-7-8-10-15-19-32(47)44-35(37(50)39(52)56-29)28-17-13-12-14-18-28/h7,9,12-14,17-18,26,29-31,35-37,46,49-50,53H,8,10-11,15-16,19-24H2,1-6H3,(H,44,47)/b9-7+/t26-,29?,30-,31+,35-,36+,37+,41-,42-,43+/m0/s1. The molecule has 57 heavy (non-hydrogen) atoms. The molecule has 14 heteroatoms. The Kier molecular flexibility index (Phi) is 13.6. The molecular formula is C43H59NO13. The van der Waals surface area contributed by atoms with Crippen LogP contribution in [0.4, 0.5) is 0 Å². The van der Waals surface area contributed by atoms with Crippen molar-refractivity contribution in [3.05, 3.63) is 59.2 Å². The van der Waals surface area contributed by atoms with E-state index in [0.717, 1.165) is 12.8 Å². The molecule has 314 valence electrons. The van der Waals surface area contributed by atoms with Crippen molar-refractivity contribution >= 4 is 29.6 Å². The minimum absolute atomic E-state index is 0.000147. The summed E-state index contributed by atoms with van der Waals surface area (Å²) in [5.41, 5.74) is -5.85. The van der Waals surface area contributed by atoms with Gasteiger partial charge in [-0.2, -0.15) is 0 Å². The van der Waals surface area contributed by atoms with Gasteiger partial charge in [-0.15, -0.1) is 0 Å². The number of nitrogens with one attached hydrogen (secondary N) is 1. The Balaban J connectivity index is 1.55. The van der Waals surface area contributed by atoms with E-state index in [1.54, 1.807) is 44.2 Å². The number of cyclic esters (lactones) is 1. The third-order valence-corrected chi connectivity index (χ3v) is 12.8. The van der Waals surface area contributed by atoms with Gasteiger partial charge in [-0.25, -0.2) is 4.79 Å². The summed E-state index contributed by atoms with van der Waals surface area (Å²) >= 11 is 0. The average Bonchev–Trinajstić information content (AvgIpc) is 3.15. The fourth-order valence-electron chi connectivity index (χ4n) is 9.20. The maximum atomic E-state index is 14.7. The summed E-state index contributed by atoms with van der Waals surface area (Å²) in [4.78, 5) is 67.0. The van der Waals surface area contributed by atoms with Gasteiger partial charge in [-0.1, -0.05) is 56.3 Å². The van der Waals surface area contributed by atoms with Crippen LogP contribution in [0.25, 0.3) is 0 Å². The van der Waals surface area contributed by atoms with E-state index in [1.165, 1.54) is 27.7 Å². The van der Waals surface area contributed by atoms with Gasteiger partial charge in [0.25, 0.3) is 0 Å². The topological polar surface area (TPSA) is 215 Å².